The summed E-state index contributed by atoms with van der Waals surface area (Å²) in [5.74, 6) is 0.987. The van der Waals surface area contributed by atoms with Crippen LogP contribution in [0.25, 0.3) is 16.9 Å². The van der Waals surface area contributed by atoms with Gasteiger partial charge in [-0.25, -0.2) is 4.68 Å². The van der Waals surface area contributed by atoms with Crippen LogP contribution >= 0.6 is 0 Å². The fourth-order valence-corrected chi connectivity index (χ4v) is 4.39. The fraction of sp³-hybridized carbons (Fsp3) is 0.280. The normalized spacial score (nSPS) is 14.4. The maximum atomic E-state index is 13.2. The van der Waals surface area contributed by atoms with E-state index < -0.39 is 0 Å². The molecule has 7 heteroatoms. The van der Waals surface area contributed by atoms with Crippen LogP contribution in [0.2, 0.25) is 0 Å². The lowest BCUT2D eigenvalue weighted by atomic mass is 9.86. The Bertz CT molecular complexity index is 1180. The van der Waals surface area contributed by atoms with E-state index in [2.05, 4.69) is 25.6 Å². The minimum Gasteiger partial charge on any atom is -0.305 e. The van der Waals surface area contributed by atoms with E-state index >= 15 is 0 Å². The van der Waals surface area contributed by atoms with Crippen molar-refractivity contribution < 1.29 is 4.79 Å². The van der Waals surface area contributed by atoms with Crippen LogP contribution in [0.5, 0.6) is 0 Å². The predicted octanol–water partition coefficient (Wildman–Crippen LogP) is 5.03. The van der Waals surface area contributed by atoms with Crippen molar-refractivity contribution in [2.45, 2.75) is 38.5 Å². The number of pyridine rings is 1. The Balaban J connectivity index is 1.39. The lowest BCUT2D eigenvalue weighted by molar-refractivity contribution is 0.102. The van der Waals surface area contributed by atoms with Gasteiger partial charge >= 0.3 is 0 Å². The number of anilines is 1. The summed E-state index contributed by atoms with van der Waals surface area (Å²) in [5, 5.41) is 15.0. The standard InChI is InChI=1S/C25H26N6O/c32-25(27-23-15-20(28-29-23)14-18-8-3-1-4-9-18)22-17-31(21-11-5-2-6-12-21)30-24(22)19-10-7-13-26-16-19/h2,5-7,10-13,15-18H,1,3-4,8-9,14H2,(H2,27,28,29,32). The van der Waals surface area contributed by atoms with Gasteiger partial charge in [-0.1, -0.05) is 50.3 Å². The molecule has 0 radical (unpaired) electrons. The number of aromatic nitrogens is 5. The second-order valence-electron chi connectivity index (χ2n) is 8.35. The Morgan fingerprint density at radius 2 is 1.94 bits per heavy atom. The molecule has 0 aliphatic heterocycles. The summed E-state index contributed by atoms with van der Waals surface area (Å²) in [6, 6.07) is 15.4. The van der Waals surface area contributed by atoms with Gasteiger partial charge in [0.2, 0.25) is 0 Å². The summed E-state index contributed by atoms with van der Waals surface area (Å²) in [6.07, 6.45) is 12.7. The first-order chi connectivity index (χ1) is 15.8. The van der Waals surface area contributed by atoms with Crippen molar-refractivity contribution >= 4 is 11.7 Å². The van der Waals surface area contributed by atoms with Gasteiger partial charge in [0.15, 0.2) is 5.82 Å². The molecule has 2 N–H and O–H groups in total. The second kappa shape index (κ2) is 9.18. The molecular weight excluding hydrogens is 400 g/mol. The number of carbonyl (C=O) groups excluding carboxylic acids is 1. The third kappa shape index (κ3) is 4.46. The van der Waals surface area contributed by atoms with Crippen molar-refractivity contribution in [2.24, 2.45) is 5.92 Å². The number of amides is 1. The number of hydrogen-bond acceptors (Lipinski definition) is 4. The number of H-pyrrole nitrogens is 1. The monoisotopic (exact) mass is 426 g/mol. The highest BCUT2D eigenvalue weighted by molar-refractivity contribution is 6.07. The molecule has 1 aromatic carbocycles. The van der Waals surface area contributed by atoms with E-state index in [1.807, 2.05) is 48.5 Å². The van der Waals surface area contributed by atoms with Crippen molar-refractivity contribution in [1.82, 2.24) is 25.0 Å². The zero-order valence-electron chi connectivity index (χ0n) is 17.9. The number of hydrogen-bond donors (Lipinski definition) is 2. The van der Waals surface area contributed by atoms with Gasteiger partial charge in [0, 0.05) is 35.9 Å². The minimum atomic E-state index is -0.248. The van der Waals surface area contributed by atoms with Gasteiger partial charge in [-0.3, -0.25) is 14.9 Å². The smallest absolute Gasteiger partial charge is 0.260 e. The Hall–Kier alpha value is -3.74. The molecule has 0 atom stereocenters. The first-order valence-corrected chi connectivity index (χ1v) is 11.2. The molecule has 5 rings (SSSR count). The van der Waals surface area contributed by atoms with Crippen molar-refractivity contribution in [1.29, 1.82) is 0 Å². The maximum absolute atomic E-state index is 13.2. The van der Waals surface area contributed by atoms with Gasteiger partial charge in [0.25, 0.3) is 5.91 Å². The average Bonchev–Trinajstić information content (AvgIpc) is 3.48. The van der Waals surface area contributed by atoms with Crippen LogP contribution in [0, 0.1) is 5.92 Å². The highest BCUT2D eigenvalue weighted by Crippen LogP contribution is 2.27. The molecule has 0 bridgehead atoms. The van der Waals surface area contributed by atoms with Crippen LogP contribution in [0.3, 0.4) is 0 Å². The molecule has 1 fully saturated rings. The van der Waals surface area contributed by atoms with Crippen molar-refractivity contribution in [3.05, 3.63) is 78.4 Å². The molecule has 1 aliphatic carbocycles. The summed E-state index contributed by atoms with van der Waals surface area (Å²) in [5.41, 5.74) is 3.79. The summed E-state index contributed by atoms with van der Waals surface area (Å²) >= 11 is 0. The lowest BCUT2D eigenvalue weighted by Crippen LogP contribution is -2.12. The van der Waals surface area contributed by atoms with Crippen LogP contribution in [-0.4, -0.2) is 30.9 Å². The summed E-state index contributed by atoms with van der Waals surface area (Å²) in [7, 11) is 0. The average molecular weight is 427 g/mol. The molecule has 3 heterocycles. The van der Waals surface area contributed by atoms with Gasteiger partial charge in [0.05, 0.1) is 11.3 Å². The molecule has 3 aromatic heterocycles. The van der Waals surface area contributed by atoms with Gasteiger partial charge in [-0.15, -0.1) is 0 Å². The number of nitrogens with one attached hydrogen (secondary N) is 2. The molecule has 1 saturated carbocycles. The maximum Gasteiger partial charge on any atom is 0.260 e. The molecular formula is C25H26N6O. The van der Waals surface area contributed by atoms with Crippen LogP contribution in [0.4, 0.5) is 5.82 Å². The highest BCUT2D eigenvalue weighted by atomic mass is 16.1. The van der Waals surface area contributed by atoms with Crippen LogP contribution in [-0.2, 0) is 6.42 Å². The minimum absolute atomic E-state index is 0.248. The second-order valence-corrected chi connectivity index (χ2v) is 8.35. The van der Waals surface area contributed by atoms with E-state index in [1.54, 1.807) is 23.3 Å². The zero-order chi connectivity index (χ0) is 21.8. The molecule has 4 aromatic rings. The molecule has 32 heavy (non-hydrogen) atoms. The SMILES string of the molecule is O=C(Nc1cc(CC2CCCCC2)[nH]n1)c1cn(-c2ccccc2)nc1-c1cccnc1. The first-order valence-electron chi connectivity index (χ1n) is 11.2. The molecule has 0 unspecified atom stereocenters. The van der Waals surface area contributed by atoms with E-state index in [9.17, 15) is 4.79 Å². The van der Waals surface area contributed by atoms with Gasteiger partial charge in [-0.2, -0.15) is 10.2 Å². The third-order valence-electron chi connectivity index (χ3n) is 6.02. The largest absolute Gasteiger partial charge is 0.305 e. The van der Waals surface area contributed by atoms with Crippen LogP contribution in [0.15, 0.2) is 67.1 Å². The number of carbonyl (C=O) groups is 1. The fourth-order valence-electron chi connectivity index (χ4n) is 4.39. The first kappa shape index (κ1) is 20.2. The highest BCUT2D eigenvalue weighted by Gasteiger charge is 2.20. The summed E-state index contributed by atoms with van der Waals surface area (Å²) < 4.78 is 1.72. The number of benzene rings is 1. The van der Waals surface area contributed by atoms with E-state index in [0.717, 1.165) is 23.4 Å². The molecule has 0 spiro atoms. The molecule has 162 valence electrons. The van der Waals surface area contributed by atoms with Crippen LogP contribution in [0.1, 0.15) is 48.2 Å². The Morgan fingerprint density at radius 3 is 2.72 bits per heavy atom. The quantitative estimate of drug-likeness (QED) is 0.452. The van der Waals surface area contributed by atoms with E-state index in [-0.39, 0.29) is 5.91 Å². The van der Waals surface area contributed by atoms with Gasteiger partial charge in [0.1, 0.15) is 5.69 Å². The Labute approximate surface area is 186 Å². The zero-order valence-corrected chi connectivity index (χ0v) is 17.9. The molecule has 7 nitrogen and oxygen atoms in total. The Morgan fingerprint density at radius 1 is 1.09 bits per heavy atom. The number of nitrogens with zero attached hydrogens (tertiary/aromatic N) is 4. The summed E-state index contributed by atoms with van der Waals surface area (Å²) in [4.78, 5) is 17.4. The Kier molecular flexibility index (Phi) is 5.79. The van der Waals surface area contributed by atoms with Crippen molar-refractivity contribution in [2.75, 3.05) is 5.32 Å². The molecule has 1 aliphatic rings. The van der Waals surface area contributed by atoms with E-state index in [4.69, 9.17) is 0 Å². The van der Waals surface area contributed by atoms with Gasteiger partial charge < -0.3 is 5.32 Å². The van der Waals surface area contributed by atoms with Crippen molar-refractivity contribution in [3.63, 3.8) is 0 Å². The lowest BCUT2D eigenvalue weighted by Gasteiger charge is -2.20. The molecule has 0 saturated heterocycles. The van der Waals surface area contributed by atoms with Crippen LogP contribution < -0.4 is 5.32 Å². The van der Waals surface area contributed by atoms with Gasteiger partial charge in [-0.05, 0) is 36.6 Å². The topological polar surface area (TPSA) is 88.5 Å². The van der Waals surface area contributed by atoms with E-state index in [0.29, 0.717) is 23.0 Å². The van der Waals surface area contributed by atoms with E-state index in [1.165, 1.54) is 32.1 Å². The van der Waals surface area contributed by atoms with Crippen molar-refractivity contribution in [3.8, 4) is 16.9 Å². The summed E-state index contributed by atoms with van der Waals surface area (Å²) in [6.45, 7) is 0. The number of rotatable bonds is 6. The predicted molar refractivity (Wildman–Crippen MR) is 124 cm³/mol. The number of aromatic amines is 1. The number of para-hydroxylation sites is 1. The molecule has 1 amide bonds. The third-order valence-corrected chi connectivity index (χ3v) is 6.02.